The average Bonchev–Trinajstić information content (AvgIpc) is 3.28. The molecular formula is C28H26O5. The van der Waals surface area contributed by atoms with Gasteiger partial charge in [-0.25, -0.2) is 0 Å². The van der Waals surface area contributed by atoms with E-state index >= 15 is 0 Å². The number of rotatable bonds is 4. The van der Waals surface area contributed by atoms with Gasteiger partial charge in [-0.2, -0.15) is 0 Å². The van der Waals surface area contributed by atoms with Crippen LogP contribution in [0.5, 0.6) is 17.2 Å². The Hall–Kier alpha value is -3.73. The number of hydrogen-bond donors (Lipinski definition) is 0. The van der Waals surface area contributed by atoms with Crippen molar-refractivity contribution < 1.29 is 23.7 Å². The zero-order valence-electron chi connectivity index (χ0n) is 19.0. The second kappa shape index (κ2) is 8.32. The second-order valence-electron chi connectivity index (χ2n) is 9.26. The van der Waals surface area contributed by atoms with Gasteiger partial charge in [0, 0.05) is 12.0 Å². The monoisotopic (exact) mass is 442 g/mol. The van der Waals surface area contributed by atoms with Crippen molar-refractivity contribution in [2.45, 2.75) is 33.3 Å². The number of ether oxygens (including phenoxy) is 4. The maximum Gasteiger partial charge on any atom is 0.316 e. The Morgan fingerprint density at radius 3 is 2.42 bits per heavy atom. The number of esters is 1. The summed E-state index contributed by atoms with van der Waals surface area (Å²) in [5, 5.41) is 0. The van der Waals surface area contributed by atoms with E-state index in [2.05, 4.69) is 0 Å². The summed E-state index contributed by atoms with van der Waals surface area (Å²) in [5.74, 6) is 2.41. The first-order valence-corrected chi connectivity index (χ1v) is 11.0. The molecule has 0 bridgehead atoms. The van der Waals surface area contributed by atoms with Gasteiger partial charge in [-0.3, -0.25) is 4.79 Å². The molecule has 0 aromatic heterocycles. The van der Waals surface area contributed by atoms with Gasteiger partial charge in [0.2, 0.25) is 6.79 Å². The molecule has 168 valence electrons. The molecule has 0 saturated carbocycles. The first-order valence-electron chi connectivity index (χ1n) is 11.0. The smallest absolute Gasteiger partial charge is 0.316 e. The zero-order valence-corrected chi connectivity index (χ0v) is 19.0. The lowest BCUT2D eigenvalue weighted by atomic mass is 9.89. The summed E-state index contributed by atoms with van der Waals surface area (Å²) in [6.07, 6.45) is 0.131. The Kier molecular flexibility index (Phi) is 5.33. The van der Waals surface area contributed by atoms with E-state index in [1.165, 1.54) is 0 Å². The summed E-state index contributed by atoms with van der Waals surface area (Å²) < 4.78 is 23.6. The molecule has 0 aliphatic carbocycles. The molecule has 0 saturated heterocycles. The van der Waals surface area contributed by atoms with Crippen LogP contribution in [-0.4, -0.2) is 12.8 Å². The van der Waals surface area contributed by atoms with Crippen LogP contribution in [-0.2, 0) is 16.0 Å². The minimum absolute atomic E-state index is 0.221. The van der Waals surface area contributed by atoms with Gasteiger partial charge in [-0.1, -0.05) is 48.5 Å². The van der Waals surface area contributed by atoms with Crippen LogP contribution in [0.1, 0.15) is 43.6 Å². The lowest BCUT2D eigenvalue weighted by molar-refractivity contribution is -0.145. The molecule has 5 rings (SSSR count). The number of para-hydroxylation sites is 1. The van der Waals surface area contributed by atoms with Crippen LogP contribution in [0.3, 0.4) is 0 Å². The van der Waals surface area contributed by atoms with Crippen molar-refractivity contribution in [1.82, 2.24) is 0 Å². The van der Waals surface area contributed by atoms with E-state index in [-0.39, 0.29) is 12.8 Å². The van der Waals surface area contributed by atoms with Crippen LogP contribution in [0.25, 0.3) is 5.76 Å². The van der Waals surface area contributed by atoms with Gasteiger partial charge in [-0.05, 0) is 56.2 Å². The van der Waals surface area contributed by atoms with Crippen molar-refractivity contribution in [3.63, 3.8) is 0 Å². The highest BCUT2D eigenvalue weighted by atomic mass is 16.7. The Bertz CT molecular complexity index is 1220. The quantitative estimate of drug-likeness (QED) is 0.458. The molecule has 2 aliphatic heterocycles. The van der Waals surface area contributed by atoms with E-state index in [1.807, 2.05) is 93.6 Å². The predicted octanol–water partition coefficient (Wildman–Crippen LogP) is 6.09. The van der Waals surface area contributed by atoms with Gasteiger partial charge < -0.3 is 18.9 Å². The molecule has 0 amide bonds. The van der Waals surface area contributed by atoms with E-state index in [0.29, 0.717) is 17.9 Å². The molecule has 2 aliphatic rings. The summed E-state index contributed by atoms with van der Waals surface area (Å²) >= 11 is 0. The molecule has 0 N–H and O–H groups in total. The summed E-state index contributed by atoms with van der Waals surface area (Å²) in [4.78, 5) is 13.0. The van der Waals surface area contributed by atoms with Crippen LogP contribution >= 0.6 is 0 Å². The third-order valence-electron chi connectivity index (χ3n) is 5.73. The molecule has 33 heavy (non-hydrogen) atoms. The van der Waals surface area contributed by atoms with Gasteiger partial charge in [0.15, 0.2) is 11.5 Å². The van der Waals surface area contributed by atoms with Crippen molar-refractivity contribution in [2.75, 3.05) is 6.79 Å². The highest BCUT2D eigenvalue weighted by Crippen LogP contribution is 2.45. The average molecular weight is 443 g/mol. The Morgan fingerprint density at radius 1 is 0.909 bits per heavy atom. The number of carbonyl (C=O) groups excluding carboxylic acids is 1. The first kappa shape index (κ1) is 21.1. The predicted molar refractivity (Wildman–Crippen MR) is 125 cm³/mol. The summed E-state index contributed by atoms with van der Waals surface area (Å²) in [7, 11) is 0. The van der Waals surface area contributed by atoms with E-state index in [9.17, 15) is 4.79 Å². The Balaban J connectivity index is 1.65. The van der Waals surface area contributed by atoms with Crippen LogP contribution in [0.4, 0.5) is 0 Å². The molecule has 5 heteroatoms. The van der Waals surface area contributed by atoms with Gasteiger partial charge in [0.05, 0.1) is 11.0 Å². The first-order chi connectivity index (χ1) is 15.9. The van der Waals surface area contributed by atoms with Crippen molar-refractivity contribution in [3.05, 3.63) is 95.1 Å². The van der Waals surface area contributed by atoms with Gasteiger partial charge >= 0.3 is 5.97 Å². The standard InChI is InChI=1S/C28H26O5/c1-28(2,3)27(29)33-26-20-11-7-8-12-22(20)32-25(19-9-5-4-6-10-19)21(26)15-18-13-14-23-24(16-18)31-17-30-23/h4-14,16,25H,15,17H2,1-3H3/t25-/m1/s1. The van der Waals surface area contributed by atoms with Crippen LogP contribution in [0.15, 0.2) is 78.4 Å². The number of carbonyl (C=O) groups is 1. The molecule has 2 heterocycles. The topological polar surface area (TPSA) is 54.0 Å². The zero-order chi connectivity index (χ0) is 23.0. The number of benzene rings is 3. The summed E-state index contributed by atoms with van der Waals surface area (Å²) in [6.45, 7) is 5.78. The number of hydrogen-bond acceptors (Lipinski definition) is 5. The van der Waals surface area contributed by atoms with E-state index in [4.69, 9.17) is 18.9 Å². The van der Waals surface area contributed by atoms with Crippen LogP contribution < -0.4 is 14.2 Å². The van der Waals surface area contributed by atoms with Gasteiger partial charge in [0.1, 0.15) is 17.6 Å². The maximum absolute atomic E-state index is 13.0. The summed E-state index contributed by atoms with van der Waals surface area (Å²) in [5.41, 5.74) is 3.02. The molecule has 1 atom stereocenters. The second-order valence-corrected chi connectivity index (χ2v) is 9.26. The lowest BCUT2D eigenvalue weighted by Gasteiger charge is -2.32. The fourth-order valence-corrected chi connectivity index (χ4v) is 3.95. The lowest BCUT2D eigenvalue weighted by Crippen LogP contribution is -2.26. The van der Waals surface area contributed by atoms with Crippen molar-refractivity contribution in [2.24, 2.45) is 5.41 Å². The Morgan fingerprint density at radius 2 is 1.64 bits per heavy atom. The van der Waals surface area contributed by atoms with Gasteiger partial charge in [-0.15, -0.1) is 0 Å². The fraction of sp³-hybridized carbons (Fsp3) is 0.250. The molecule has 3 aromatic rings. The molecule has 0 unspecified atom stereocenters. The van der Waals surface area contributed by atoms with Gasteiger partial charge in [0.25, 0.3) is 0 Å². The molecule has 5 nitrogen and oxygen atoms in total. The largest absolute Gasteiger partial charge is 0.480 e. The maximum atomic E-state index is 13.0. The minimum Gasteiger partial charge on any atom is -0.480 e. The molecule has 0 spiro atoms. The fourth-order valence-electron chi connectivity index (χ4n) is 3.95. The normalized spacial score (nSPS) is 16.8. The highest BCUT2D eigenvalue weighted by molar-refractivity contribution is 5.85. The van der Waals surface area contributed by atoms with E-state index in [0.717, 1.165) is 33.8 Å². The van der Waals surface area contributed by atoms with Crippen molar-refractivity contribution in [1.29, 1.82) is 0 Å². The molecule has 3 aromatic carbocycles. The third kappa shape index (κ3) is 4.19. The highest BCUT2D eigenvalue weighted by Gasteiger charge is 2.34. The minimum atomic E-state index is -0.646. The SMILES string of the molecule is CC(C)(C)C(=O)OC1=C(Cc2ccc3c(c2)OCO3)[C@@H](c2ccccc2)Oc2ccccc21. The van der Waals surface area contributed by atoms with Crippen molar-refractivity contribution >= 4 is 11.7 Å². The molecular weight excluding hydrogens is 416 g/mol. The van der Waals surface area contributed by atoms with Crippen molar-refractivity contribution in [3.8, 4) is 17.2 Å². The van der Waals surface area contributed by atoms with Crippen LogP contribution in [0.2, 0.25) is 0 Å². The summed E-state index contributed by atoms with van der Waals surface area (Å²) in [6, 6.07) is 23.6. The Labute approximate surface area is 193 Å². The third-order valence-corrected chi connectivity index (χ3v) is 5.73. The molecule has 0 radical (unpaired) electrons. The van der Waals surface area contributed by atoms with E-state index < -0.39 is 11.5 Å². The van der Waals surface area contributed by atoms with E-state index in [1.54, 1.807) is 0 Å². The van der Waals surface area contributed by atoms with Crippen LogP contribution in [0, 0.1) is 5.41 Å². The number of fused-ring (bicyclic) bond motifs is 2. The molecule has 0 fully saturated rings.